The summed E-state index contributed by atoms with van der Waals surface area (Å²) in [4.78, 5) is 25.5. The van der Waals surface area contributed by atoms with Crippen LogP contribution < -0.4 is 20.3 Å². The average Bonchev–Trinajstić information content (AvgIpc) is 2.75. The fourth-order valence-electron chi connectivity index (χ4n) is 3.63. The molecule has 1 heterocycles. The van der Waals surface area contributed by atoms with Crippen molar-refractivity contribution in [2.45, 2.75) is 39.2 Å². The first-order chi connectivity index (χ1) is 14.9. The van der Waals surface area contributed by atoms with E-state index < -0.39 is 10.8 Å². The van der Waals surface area contributed by atoms with Crippen LogP contribution in [-0.2, 0) is 0 Å². The predicted molar refractivity (Wildman–Crippen MR) is 125 cm³/mol. The first kappa shape index (κ1) is 22.5. The molecule has 8 nitrogen and oxygen atoms in total. The van der Waals surface area contributed by atoms with Gasteiger partial charge in [-0.15, -0.1) is 0 Å². The van der Waals surface area contributed by atoms with E-state index >= 15 is 0 Å². The van der Waals surface area contributed by atoms with Crippen LogP contribution in [0.4, 0.5) is 17.1 Å². The Kier molecular flexibility index (Phi) is 7.41. The molecule has 0 radical (unpaired) electrons. The number of nitro groups is 1. The normalized spacial score (nSPS) is 15.8. The van der Waals surface area contributed by atoms with Crippen LogP contribution >= 0.6 is 12.2 Å². The number of carbonyl (C=O) groups is 1. The molecule has 0 aromatic heterocycles. The molecule has 0 saturated carbocycles. The quantitative estimate of drug-likeness (QED) is 0.386. The Labute approximate surface area is 186 Å². The number of ether oxygens (including phenoxy) is 1. The van der Waals surface area contributed by atoms with Gasteiger partial charge in [0.2, 0.25) is 0 Å². The van der Waals surface area contributed by atoms with E-state index in [1.165, 1.54) is 37.5 Å². The molecule has 164 valence electrons. The van der Waals surface area contributed by atoms with Crippen molar-refractivity contribution in [1.29, 1.82) is 0 Å². The lowest BCUT2D eigenvalue weighted by molar-refractivity contribution is -0.385. The maximum Gasteiger partial charge on any atom is 0.311 e. The minimum absolute atomic E-state index is 0.112. The van der Waals surface area contributed by atoms with Crippen molar-refractivity contribution in [2.75, 3.05) is 23.4 Å². The summed E-state index contributed by atoms with van der Waals surface area (Å²) in [6.45, 7) is 5.31. The summed E-state index contributed by atoms with van der Waals surface area (Å²) < 4.78 is 5.24. The van der Waals surface area contributed by atoms with Gasteiger partial charge < -0.3 is 15.0 Å². The van der Waals surface area contributed by atoms with Gasteiger partial charge in [0.1, 0.15) is 0 Å². The Morgan fingerprint density at radius 1 is 1.26 bits per heavy atom. The Balaban J connectivity index is 1.62. The number of nitrogens with zero attached hydrogens (tertiary/aromatic N) is 2. The summed E-state index contributed by atoms with van der Waals surface area (Å²) in [6.07, 6.45) is 3.66. The van der Waals surface area contributed by atoms with Crippen molar-refractivity contribution in [3.63, 3.8) is 0 Å². The maximum absolute atomic E-state index is 12.5. The zero-order valence-electron chi connectivity index (χ0n) is 17.6. The summed E-state index contributed by atoms with van der Waals surface area (Å²) >= 11 is 5.23. The fraction of sp³-hybridized carbons (Fsp3) is 0.364. The molecule has 0 aliphatic carbocycles. The Bertz CT molecular complexity index is 964. The number of hydrogen-bond acceptors (Lipinski definition) is 6. The topological polar surface area (TPSA) is 96.7 Å². The molecule has 2 aromatic carbocycles. The SMILES string of the molecule is CCOc1ccc(C(=O)NC(=S)Nc2ccc(N3CCCC[C@@H]3C)cc2)cc1[N+](=O)[O-]. The second-order valence-corrected chi connectivity index (χ2v) is 7.77. The number of hydrogen-bond donors (Lipinski definition) is 2. The summed E-state index contributed by atoms with van der Waals surface area (Å²) in [7, 11) is 0. The molecule has 0 unspecified atom stereocenters. The van der Waals surface area contributed by atoms with Crippen LogP contribution in [0.25, 0.3) is 0 Å². The van der Waals surface area contributed by atoms with Crippen LogP contribution in [-0.4, -0.2) is 35.1 Å². The molecule has 2 N–H and O–H groups in total. The molecular formula is C22H26N4O4S. The molecule has 1 saturated heterocycles. The largest absolute Gasteiger partial charge is 0.487 e. The van der Waals surface area contributed by atoms with Crippen LogP contribution in [0, 0.1) is 10.1 Å². The molecule has 1 aliphatic heterocycles. The molecule has 0 bridgehead atoms. The number of rotatable bonds is 6. The first-order valence-corrected chi connectivity index (χ1v) is 10.7. The number of thiocarbonyl (C=S) groups is 1. The zero-order chi connectivity index (χ0) is 22.4. The number of benzene rings is 2. The van der Waals surface area contributed by atoms with E-state index in [1.54, 1.807) is 6.92 Å². The van der Waals surface area contributed by atoms with E-state index in [1.807, 2.05) is 24.3 Å². The highest BCUT2D eigenvalue weighted by Crippen LogP contribution is 2.28. The number of amides is 1. The van der Waals surface area contributed by atoms with Gasteiger partial charge in [0.15, 0.2) is 10.9 Å². The number of nitrogens with one attached hydrogen (secondary N) is 2. The van der Waals surface area contributed by atoms with Crippen molar-refractivity contribution in [2.24, 2.45) is 0 Å². The molecule has 1 atom stereocenters. The molecule has 1 fully saturated rings. The van der Waals surface area contributed by atoms with Gasteiger partial charge in [-0.2, -0.15) is 0 Å². The van der Waals surface area contributed by atoms with E-state index in [9.17, 15) is 14.9 Å². The van der Waals surface area contributed by atoms with Gasteiger partial charge in [-0.05, 0) is 81.7 Å². The minimum atomic E-state index is -0.580. The smallest absolute Gasteiger partial charge is 0.311 e. The molecule has 1 amide bonds. The first-order valence-electron chi connectivity index (χ1n) is 10.3. The molecule has 3 rings (SSSR count). The lowest BCUT2D eigenvalue weighted by Gasteiger charge is -2.35. The highest BCUT2D eigenvalue weighted by atomic mass is 32.1. The fourth-order valence-corrected chi connectivity index (χ4v) is 3.84. The van der Waals surface area contributed by atoms with Gasteiger partial charge in [-0.1, -0.05) is 0 Å². The van der Waals surface area contributed by atoms with Crippen LogP contribution in [0.5, 0.6) is 5.75 Å². The summed E-state index contributed by atoms with van der Waals surface area (Å²) in [5, 5.41) is 16.9. The Morgan fingerprint density at radius 3 is 2.65 bits per heavy atom. The zero-order valence-corrected chi connectivity index (χ0v) is 18.4. The van der Waals surface area contributed by atoms with Crippen LogP contribution in [0.3, 0.4) is 0 Å². The van der Waals surface area contributed by atoms with Gasteiger partial charge in [-0.25, -0.2) is 0 Å². The van der Waals surface area contributed by atoms with Gasteiger partial charge in [0, 0.05) is 35.6 Å². The van der Waals surface area contributed by atoms with E-state index in [-0.39, 0.29) is 28.7 Å². The monoisotopic (exact) mass is 442 g/mol. The van der Waals surface area contributed by atoms with Gasteiger partial charge in [0.05, 0.1) is 11.5 Å². The molecule has 0 spiro atoms. The highest BCUT2D eigenvalue weighted by Gasteiger charge is 2.20. The highest BCUT2D eigenvalue weighted by molar-refractivity contribution is 7.80. The predicted octanol–water partition coefficient (Wildman–Crippen LogP) is 4.50. The Morgan fingerprint density at radius 2 is 2.00 bits per heavy atom. The van der Waals surface area contributed by atoms with Crippen molar-refractivity contribution in [3.05, 3.63) is 58.1 Å². The molecule has 1 aliphatic rings. The van der Waals surface area contributed by atoms with E-state index in [4.69, 9.17) is 17.0 Å². The molecule has 9 heteroatoms. The third kappa shape index (κ3) is 5.69. The summed E-state index contributed by atoms with van der Waals surface area (Å²) in [5.41, 5.74) is 1.76. The lowest BCUT2D eigenvalue weighted by atomic mass is 10.0. The minimum Gasteiger partial charge on any atom is -0.487 e. The average molecular weight is 443 g/mol. The second kappa shape index (κ2) is 10.2. The number of nitro benzene ring substituents is 1. The van der Waals surface area contributed by atoms with Crippen LogP contribution in [0.1, 0.15) is 43.5 Å². The van der Waals surface area contributed by atoms with Gasteiger partial charge in [0.25, 0.3) is 5.91 Å². The van der Waals surface area contributed by atoms with Crippen molar-refractivity contribution < 1.29 is 14.5 Å². The third-order valence-electron chi connectivity index (χ3n) is 5.20. The van der Waals surface area contributed by atoms with Crippen molar-refractivity contribution >= 4 is 40.3 Å². The molecule has 2 aromatic rings. The van der Waals surface area contributed by atoms with Crippen molar-refractivity contribution in [1.82, 2.24) is 5.32 Å². The number of anilines is 2. The van der Waals surface area contributed by atoms with E-state index in [0.717, 1.165) is 17.9 Å². The van der Waals surface area contributed by atoms with Gasteiger partial charge in [-0.3, -0.25) is 20.2 Å². The Hall–Kier alpha value is -3.20. The second-order valence-electron chi connectivity index (χ2n) is 7.37. The van der Waals surface area contributed by atoms with Crippen LogP contribution in [0.15, 0.2) is 42.5 Å². The van der Waals surface area contributed by atoms with E-state index in [2.05, 4.69) is 22.5 Å². The van der Waals surface area contributed by atoms with Crippen LogP contribution in [0.2, 0.25) is 0 Å². The number of carbonyl (C=O) groups excluding carboxylic acids is 1. The van der Waals surface area contributed by atoms with Crippen molar-refractivity contribution in [3.8, 4) is 5.75 Å². The molecule has 31 heavy (non-hydrogen) atoms. The standard InChI is InChI=1S/C22H26N4O4S/c1-3-30-20-12-7-16(14-19(20)26(28)29)21(27)24-22(31)23-17-8-10-18(11-9-17)25-13-5-4-6-15(25)2/h7-12,14-15H,3-6,13H2,1-2H3,(H2,23,24,27,31)/t15-/m0/s1. The third-order valence-corrected chi connectivity index (χ3v) is 5.41. The van der Waals surface area contributed by atoms with Gasteiger partial charge >= 0.3 is 5.69 Å². The molecular weight excluding hydrogens is 416 g/mol. The number of piperidine rings is 1. The maximum atomic E-state index is 12.5. The van der Waals surface area contributed by atoms with E-state index in [0.29, 0.717) is 6.04 Å². The lowest BCUT2D eigenvalue weighted by Crippen LogP contribution is -2.37. The summed E-state index contributed by atoms with van der Waals surface area (Å²) in [5.74, 6) is -0.421. The summed E-state index contributed by atoms with van der Waals surface area (Å²) in [6, 6.07) is 12.5.